The maximum absolute atomic E-state index is 4.28. The largest absolute Gasteiger partial charge is 0.308 e. The molecule has 1 N–H and O–H groups in total. The van der Waals surface area contributed by atoms with E-state index in [1.807, 2.05) is 17.0 Å². The van der Waals surface area contributed by atoms with E-state index in [1.54, 1.807) is 11.3 Å². The molecule has 80 valence electrons. The predicted octanol–water partition coefficient (Wildman–Crippen LogP) is 1.89. The van der Waals surface area contributed by atoms with E-state index in [9.17, 15) is 0 Å². The van der Waals surface area contributed by atoms with Gasteiger partial charge in [-0.05, 0) is 18.1 Å². The van der Waals surface area contributed by atoms with E-state index in [1.165, 1.54) is 11.5 Å². The van der Waals surface area contributed by atoms with Crippen molar-refractivity contribution in [3.63, 3.8) is 0 Å². The van der Waals surface area contributed by atoms with Crippen LogP contribution in [0.4, 0.5) is 0 Å². The lowest BCUT2D eigenvalue weighted by molar-refractivity contribution is 0.534. The molecule has 0 saturated carbocycles. The molecule has 0 spiro atoms. The fraction of sp³-hybridized carbons (Fsp3) is 0.444. The first-order chi connectivity index (χ1) is 7.40. The van der Waals surface area contributed by atoms with Gasteiger partial charge in [0.1, 0.15) is 0 Å². The number of nitrogens with one attached hydrogen (secondary N) is 1. The van der Waals surface area contributed by atoms with Gasteiger partial charge in [-0.25, -0.2) is 4.98 Å². The zero-order chi connectivity index (χ0) is 10.5. The Kier molecular flexibility index (Phi) is 3.76. The van der Waals surface area contributed by atoms with Crippen LogP contribution in [-0.4, -0.2) is 21.1 Å². The summed E-state index contributed by atoms with van der Waals surface area (Å²) in [5.41, 5.74) is 1.01. The summed E-state index contributed by atoms with van der Waals surface area (Å²) in [6, 6.07) is 0.236. The molecule has 1 atom stereocenters. The lowest BCUT2D eigenvalue weighted by atomic mass is 10.1. The van der Waals surface area contributed by atoms with Gasteiger partial charge in [0, 0.05) is 23.4 Å². The normalized spacial score (nSPS) is 12.9. The minimum Gasteiger partial charge on any atom is -0.308 e. The van der Waals surface area contributed by atoms with Crippen molar-refractivity contribution in [3.05, 3.63) is 27.7 Å². The Morgan fingerprint density at radius 1 is 1.53 bits per heavy atom. The van der Waals surface area contributed by atoms with Crippen LogP contribution in [0.15, 0.2) is 17.0 Å². The summed E-state index contributed by atoms with van der Waals surface area (Å²) >= 11 is 3.07. The summed E-state index contributed by atoms with van der Waals surface area (Å²) in [6.07, 6.45) is 2.72. The van der Waals surface area contributed by atoms with Crippen molar-refractivity contribution in [2.45, 2.75) is 19.4 Å². The lowest BCUT2D eigenvalue weighted by Crippen LogP contribution is -2.23. The van der Waals surface area contributed by atoms with Gasteiger partial charge in [-0.2, -0.15) is 0 Å². The lowest BCUT2D eigenvalue weighted by Gasteiger charge is -2.13. The highest BCUT2D eigenvalue weighted by Gasteiger charge is 2.14. The van der Waals surface area contributed by atoms with E-state index in [-0.39, 0.29) is 6.04 Å². The number of hydrogen-bond acceptors (Lipinski definition) is 6. The number of aromatic nitrogens is 3. The van der Waals surface area contributed by atoms with E-state index >= 15 is 0 Å². The number of likely N-dealkylation sites (N-methyl/N-ethyl adjacent to an activating group) is 1. The molecule has 0 radical (unpaired) electrons. The number of nitrogens with zero attached hydrogens (tertiary/aromatic N) is 3. The Bertz CT molecular complexity index is 371. The molecule has 4 nitrogen and oxygen atoms in total. The molecule has 0 fully saturated rings. The van der Waals surface area contributed by atoms with Crippen LogP contribution in [-0.2, 0) is 6.42 Å². The van der Waals surface area contributed by atoms with Crippen LogP contribution in [0.5, 0.6) is 0 Å². The van der Waals surface area contributed by atoms with Gasteiger partial charge in [-0.3, -0.25) is 0 Å². The summed E-state index contributed by atoms with van der Waals surface area (Å²) in [5.74, 6) is 0. The molecule has 15 heavy (non-hydrogen) atoms. The van der Waals surface area contributed by atoms with E-state index in [0.29, 0.717) is 0 Å². The average molecular weight is 240 g/mol. The Labute approximate surface area is 96.5 Å². The first kappa shape index (κ1) is 10.7. The molecule has 2 heterocycles. The third-order valence-corrected chi connectivity index (χ3v) is 3.37. The molecule has 2 rings (SSSR count). The molecule has 0 bridgehead atoms. The van der Waals surface area contributed by atoms with Crippen molar-refractivity contribution in [1.29, 1.82) is 0 Å². The zero-order valence-corrected chi connectivity index (χ0v) is 10.0. The molecule has 0 amide bonds. The molecule has 2 aromatic rings. The molecule has 1 unspecified atom stereocenters. The van der Waals surface area contributed by atoms with E-state index in [4.69, 9.17) is 0 Å². The molecule has 2 aromatic heterocycles. The van der Waals surface area contributed by atoms with Gasteiger partial charge in [-0.15, -0.1) is 16.4 Å². The van der Waals surface area contributed by atoms with Crippen LogP contribution in [0, 0.1) is 0 Å². The van der Waals surface area contributed by atoms with Crippen LogP contribution < -0.4 is 5.32 Å². The fourth-order valence-corrected chi connectivity index (χ4v) is 2.55. The summed E-state index contributed by atoms with van der Waals surface area (Å²) in [5, 5.41) is 12.6. The van der Waals surface area contributed by atoms with Gasteiger partial charge in [-0.1, -0.05) is 11.4 Å². The highest BCUT2D eigenvalue weighted by molar-refractivity contribution is 7.09. The summed E-state index contributed by atoms with van der Waals surface area (Å²) < 4.78 is 3.89. The summed E-state index contributed by atoms with van der Waals surface area (Å²) in [6.45, 7) is 3.02. The van der Waals surface area contributed by atoms with Crippen molar-refractivity contribution in [3.8, 4) is 0 Å². The molecule has 0 aliphatic rings. The van der Waals surface area contributed by atoms with Crippen molar-refractivity contribution in [2.24, 2.45) is 0 Å². The molecule has 0 aliphatic carbocycles. The van der Waals surface area contributed by atoms with Crippen LogP contribution in [0.2, 0.25) is 0 Å². The summed E-state index contributed by atoms with van der Waals surface area (Å²) in [7, 11) is 0. The predicted molar refractivity (Wildman–Crippen MR) is 62.1 cm³/mol. The zero-order valence-electron chi connectivity index (χ0n) is 8.38. The Hall–Kier alpha value is -0.850. The van der Waals surface area contributed by atoms with Gasteiger partial charge in [0.25, 0.3) is 0 Å². The van der Waals surface area contributed by atoms with Gasteiger partial charge < -0.3 is 5.32 Å². The van der Waals surface area contributed by atoms with Gasteiger partial charge in [0.05, 0.1) is 16.7 Å². The maximum atomic E-state index is 4.28. The van der Waals surface area contributed by atoms with E-state index in [0.717, 1.165) is 23.7 Å². The van der Waals surface area contributed by atoms with E-state index < -0.39 is 0 Å². The third-order valence-electron chi connectivity index (χ3n) is 2.05. The van der Waals surface area contributed by atoms with Crippen molar-refractivity contribution < 1.29 is 0 Å². The minimum atomic E-state index is 0.236. The number of hydrogen-bond donors (Lipinski definition) is 1. The Morgan fingerprint density at radius 3 is 3.07 bits per heavy atom. The standard InChI is InChI=1S/C9H12N4S2/c1-2-10-7(8-6-15-13-12-8)5-9-11-3-4-14-9/h3-4,6-7,10H,2,5H2,1H3. The molecule has 0 aromatic carbocycles. The third kappa shape index (κ3) is 2.80. The van der Waals surface area contributed by atoms with Crippen LogP contribution in [0.25, 0.3) is 0 Å². The van der Waals surface area contributed by atoms with Crippen molar-refractivity contribution in [1.82, 2.24) is 19.9 Å². The smallest absolute Gasteiger partial charge is 0.0944 e. The van der Waals surface area contributed by atoms with Crippen molar-refractivity contribution in [2.75, 3.05) is 6.54 Å². The number of rotatable bonds is 5. The van der Waals surface area contributed by atoms with Gasteiger partial charge in [0.2, 0.25) is 0 Å². The first-order valence-electron chi connectivity index (χ1n) is 4.79. The minimum absolute atomic E-state index is 0.236. The van der Waals surface area contributed by atoms with Gasteiger partial charge >= 0.3 is 0 Å². The fourth-order valence-electron chi connectivity index (χ4n) is 1.38. The highest BCUT2D eigenvalue weighted by atomic mass is 32.1. The summed E-state index contributed by atoms with van der Waals surface area (Å²) in [4.78, 5) is 4.28. The molecular formula is C9H12N4S2. The van der Waals surface area contributed by atoms with Crippen LogP contribution >= 0.6 is 22.9 Å². The topological polar surface area (TPSA) is 50.7 Å². The molecule has 0 saturated heterocycles. The Balaban J connectivity index is 2.07. The Morgan fingerprint density at radius 2 is 2.47 bits per heavy atom. The SMILES string of the molecule is CCNC(Cc1nccs1)c1csnn1. The molecule has 0 aliphatic heterocycles. The van der Waals surface area contributed by atoms with E-state index in [2.05, 4.69) is 26.8 Å². The maximum Gasteiger partial charge on any atom is 0.0944 e. The monoisotopic (exact) mass is 240 g/mol. The average Bonchev–Trinajstić information content (AvgIpc) is 2.89. The first-order valence-corrected chi connectivity index (χ1v) is 6.50. The second kappa shape index (κ2) is 5.29. The highest BCUT2D eigenvalue weighted by Crippen LogP contribution is 2.18. The quantitative estimate of drug-likeness (QED) is 0.867. The van der Waals surface area contributed by atoms with Gasteiger partial charge in [0.15, 0.2) is 0 Å². The molecular weight excluding hydrogens is 228 g/mol. The molecule has 6 heteroatoms. The number of thiazole rings is 1. The van der Waals surface area contributed by atoms with Crippen LogP contribution in [0.1, 0.15) is 23.7 Å². The van der Waals surface area contributed by atoms with Crippen LogP contribution in [0.3, 0.4) is 0 Å². The second-order valence-corrected chi connectivity index (χ2v) is 4.66. The van der Waals surface area contributed by atoms with Crippen molar-refractivity contribution >= 4 is 22.9 Å². The second-order valence-electron chi connectivity index (χ2n) is 3.07.